The summed E-state index contributed by atoms with van der Waals surface area (Å²) in [6.07, 6.45) is 0. The van der Waals surface area contributed by atoms with Crippen LogP contribution in [0.3, 0.4) is 0 Å². The van der Waals surface area contributed by atoms with Crippen LogP contribution in [0.15, 0.2) is 71.3 Å². The van der Waals surface area contributed by atoms with Gasteiger partial charge in [-0.15, -0.1) is 0 Å². The fraction of sp³-hybridized carbons (Fsp3) is 0.231. The molecule has 0 radical (unpaired) electrons. The molecule has 4 heteroatoms. The zero-order valence-electron chi connectivity index (χ0n) is 18.1. The average Bonchev–Trinajstić information content (AvgIpc) is 3.14. The number of allylic oxidation sites excluding steroid dienone is 2. The van der Waals surface area contributed by atoms with Gasteiger partial charge in [0.1, 0.15) is 0 Å². The summed E-state index contributed by atoms with van der Waals surface area (Å²) in [5, 5.41) is 1.16. The molecule has 2 aromatic carbocycles. The third-order valence-corrected chi connectivity index (χ3v) is 5.94. The van der Waals surface area contributed by atoms with Gasteiger partial charge < -0.3 is 4.57 Å². The van der Waals surface area contributed by atoms with Gasteiger partial charge in [-0.25, -0.2) is 0 Å². The summed E-state index contributed by atoms with van der Waals surface area (Å²) in [7, 11) is 2.01. The number of carbonyl (C=O) groups excluding carboxylic acids is 2. The molecule has 1 fully saturated rings. The molecule has 152 valence electrons. The summed E-state index contributed by atoms with van der Waals surface area (Å²) in [5.74, 6) is -0.433. The summed E-state index contributed by atoms with van der Waals surface area (Å²) in [6.45, 7) is 8.10. The number of aryl methyl sites for hydroxylation is 2. The fourth-order valence-electron chi connectivity index (χ4n) is 4.53. The number of imide groups is 1. The van der Waals surface area contributed by atoms with E-state index in [2.05, 4.69) is 23.6 Å². The highest BCUT2D eigenvalue weighted by atomic mass is 16.2. The van der Waals surface area contributed by atoms with Crippen LogP contribution >= 0.6 is 0 Å². The highest BCUT2D eigenvalue weighted by Crippen LogP contribution is 2.38. The highest BCUT2D eigenvalue weighted by Gasteiger charge is 2.41. The second-order valence-electron chi connectivity index (χ2n) is 8.11. The molecule has 4 rings (SSSR count). The number of fused-ring (bicyclic) bond motifs is 1. The maximum absolute atomic E-state index is 13.5. The van der Waals surface area contributed by atoms with Gasteiger partial charge in [-0.1, -0.05) is 54.1 Å². The number of likely N-dealkylation sites (tertiary alicyclic amines) is 1. The number of aromatic nitrogens is 1. The van der Waals surface area contributed by atoms with Crippen LogP contribution in [0, 0.1) is 6.92 Å². The normalized spacial score (nSPS) is 16.0. The monoisotopic (exact) mass is 398 g/mol. The van der Waals surface area contributed by atoms with Crippen molar-refractivity contribution in [3.05, 3.63) is 88.1 Å². The van der Waals surface area contributed by atoms with E-state index in [9.17, 15) is 9.59 Å². The van der Waals surface area contributed by atoms with Crippen molar-refractivity contribution in [2.45, 2.75) is 34.2 Å². The quantitative estimate of drug-likeness (QED) is 0.451. The molecule has 0 spiro atoms. The Morgan fingerprint density at radius 1 is 0.833 bits per heavy atom. The van der Waals surface area contributed by atoms with Crippen LogP contribution in [0.4, 0.5) is 0 Å². The lowest BCUT2D eigenvalue weighted by Crippen LogP contribution is -2.29. The number of benzene rings is 2. The van der Waals surface area contributed by atoms with Gasteiger partial charge in [0.25, 0.3) is 11.8 Å². The van der Waals surface area contributed by atoms with Crippen molar-refractivity contribution in [3.8, 4) is 0 Å². The first-order valence-electron chi connectivity index (χ1n) is 10.2. The second-order valence-corrected chi connectivity index (χ2v) is 8.11. The molecule has 3 aromatic rings. The Hall–Kier alpha value is -3.40. The van der Waals surface area contributed by atoms with Crippen LogP contribution in [-0.4, -0.2) is 21.3 Å². The Labute approximate surface area is 177 Å². The van der Waals surface area contributed by atoms with E-state index in [4.69, 9.17) is 0 Å². The van der Waals surface area contributed by atoms with Crippen molar-refractivity contribution in [3.63, 3.8) is 0 Å². The minimum atomic E-state index is -0.220. The number of carbonyl (C=O) groups is 2. The van der Waals surface area contributed by atoms with E-state index in [1.165, 1.54) is 4.90 Å². The maximum atomic E-state index is 13.5. The number of amides is 2. The van der Waals surface area contributed by atoms with E-state index in [0.29, 0.717) is 11.1 Å². The van der Waals surface area contributed by atoms with Crippen LogP contribution in [0.25, 0.3) is 16.5 Å². The predicted octanol–water partition coefficient (Wildman–Crippen LogP) is 5.17. The van der Waals surface area contributed by atoms with Gasteiger partial charge in [-0.2, -0.15) is 0 Å². The Kier molecular flexibility index (Phi) is 4.94. The Morgan fingerprint density at radius 3 is 2.07 bits per heavy atom. The number of hydrogen-bond donors (Lipinski definition) is 0. The molecule has 0 saturated carbocycles. The molecule has 1 aromatic heterocycles. The second kappa shape index (κ2) is 7.45. The number of hydrogen-bond acceptors (Lipinski definition) is 2. The molecule has 0 atom stereocenters. The zero-order chi connectivity index (χ0) is 21.6. The lowest BCUT2D eigenvalue weighted by atomic mass is 9.96. The van der Waals surface area contributed by atoms with E-state index >= 15 is 0 Å². The van der Waals surface area contributed by atoms with Crippen LogP contribution in [-0.2, 0) is 23.2 Å². The average molecular weight is 399 g/mol. The minimum absolute atomic E-state index is 0.213. The Bertz CT molecular complexity index is 1200. The van der Waals surface area contributed by atoms with Gasteiger partial charge in [0, 0.05) is 23.6 Å². The van der Waals surface area contributed by atoms with Crippen LogP contribution in [0.2, 0.25) is 0 Å². The minimum Gasteiger partial charge on any atom is -0.344 e. The SMILES string of the molecule is CC(C)=C1C(=O)N(Cc2ccccc2)C(=O)/C1=C(/C)c1c(C)c2ccccc2n1C. The smallest absolute Gasteiger partial charge is 0.262 e. The molecular formula is C26H26N2O2. The van der Waals surface area contributed by atoms with Gasteiger partial charge in [0.15, 0.2) is 0 Å². The van der Waals surface area contributed by atoms with Crippen LogP contribution in [0.5, 0.6) is 0 Å². The lowest BCUT2D eigenvalue weighted by molar-refractivity contribution is -0.137. The first kappa shape index (κ1) is 19.9. The molecule has 2 amide bonds. The van der Waals surface area contributed by atoms with Gasteiger partial charge in [-0.05, 0) is 50.5 Å². The Morgan fingerprint density at radius 2 is 1.43 bits per heavy atom. The highest BCUT2D eigenvalue weighted by molar-refractivity contribution is 6.27. The van der Waals surface area contributed by atoms with E-state index in [0.717, 1.165) is 38.9 Å². The summed E-state index contributed by atoms with van der Waals surface area (Å²) < 4.78 is 2.12. The number of nitrogens with zero attached hydrogens (tertiary/aromatic N) is 2. The molecular weight excluding hydrogens is 372 g/mol. The van der Waals surface area contributed by atoms with Crippen LogP contribution in [0.1, 0.15) is 37.6 Å². The molecule has 4 nitrogen and oxygen atoms in total. The molecule has 30 heavy (non-hydrogen) atoms. The zero-order valence-corrected chi connectivity index (χ0v) is 18.1. The third kappa shape index (κ3) is 3.00. The van der Waals surface area contributed by atoms with Crippen molar-refractivity contribution < 1.29 is 9.59 Å². The van der Waals surface area contributed by atoms with Gasteiger partial charge in [0.05, 0.1) is 17.7 Å². The van der Waals surface area contributed by atoms with Gasteiger partial charge >= 0.3 is 0 Å². The fourth-order valence-corrected chi connectivity index (χ4v) is 4.53. The lowest BCUT2D eigenvalue weighted by Gasteiger charge is -2.13. The maximum Gasteiger partial charge on any atom is 0.262 e. The van der Waals surface area contributed by atoms with E-state index < -0.39 is 0 Å². The van der Waals surface area contributed by atoms with Crippen LogP contribution < -0.4 is 0 Å². The van der Waals surface area contributed by atoms with Crippen molar-refractivity contribution in [2.24, 2.45) is 7.05 Å². The first-order valence-corrected chi connectivity index (χ1v) is 10.2. The van der Waals surface area contributed by atoms with E-state index in [1.54, 1.807) is 0 Å². The summed E-state index contributed by atoms with van der Waals surface area (Å²) in [6, 6.07) is 17.8. The number of rotatable bonds is 3. The molecule has 1 aliphatic rings. The molecule has 0 N–H and O–H groups in total. The topological polar surface area (TPSA) is 42.3 Å². The van der Waals surface area contributed by atoms with Gasteiger partial charge in [0.2, 0.25) is 0 Å². The largest absolute Gasteiger partial charge is 0.344 e. The standard InChI is InChI=1S/C26H26N2O2/c1-16(2)22-23(26(30)28(25(22)29)15-19-11-7-6-8-12-19)18(4)24-17(3)20-13-9-10-14-21(20)27(24)5/h6-14H,15H2,1-5H3/b23-18-. The predicted molar refractivity (Wildman–Crippen MR) is 121 cm³/mol. The van der Waals surface area contributed by atoms with Crippen molar-refractivity contribution in [1.29, 1.82) is 0 Å². The Balaban J connectivity index is 1.90. The van der Waals surface area contributed by atoms with Crippen molar-refractivity contribution in [1.82, 2.24) is 9.47 Å². The molecule has 2 heterocycles. The molecule has 1 saturated heterocycles. The first-order chi connectivity index (χ1) is 14.3. The van der Waals surface area contributed by atoms with E-state index in [-0.39, 0.29) is 18.4 Å². The van der Waals surface area contributed by atoms with E-state index in [1.807, 2.05) is 70.3 Å². The molecule has 0 unspecified atom stereocenters. The summed E-state index contributed by atoms with van der Waals surface area (Å²) in [5.41, 5.74) is 6.91. The number of para-hydroxylation sites is 1. The van der Waals surface area contributed by atoms with Crippen molar-refractivity contribution >= 4 is 28.3 Å². The molecule has 0 bridgehead atoms. The summed E-state index contributed by atoms with van der Waals surface area (Å²) >= 11 is 0. The molecule has 0 aliphatic carbocycles. The van der Waals surface area contributed by atoms with Crippen molar-refractivity contribution in [2.75, 3.05) is 0 Å². The summed E-state index contributed by atoms with van der Waals surface area (Å²) in [4.78, 5) is 28.1. The van der Waals surface area contributed by atoms with Gasteiger partial charge in [-0.3, -0.25) is 14.5 Å². The third-order valence-electron chi connectivity index (χ3n) is 5.94. The molecule has 1 aliphatic heterocycles.